The van der Waals surface area contributed by atoms with Crippen LogP contribution in [0.5, 0.6) is 0 Å². The predicted molar refractivity (Wildman–Crippen MR) is 90.3 cm³/mol. The van der Waals surface area contributed by atoms with Crippen molar-refractivity contribution in [1.29, 1.82) is 0 Å². The van der Waals surface area contributed by atoms with Gasteiger partial charge in [0.15, 0.2) is 5.69 Å². The van der Waals surface area contributed by atoms with Crippen LogP contribution in [0.3, 0.4) is 0 Å². The number of aryl methyl sites for hydroxylation is 2. The first-order chi connectivity index (χ1) is 11.7. The second-order valence-electron chi connectivity index (χ2n) is 5.58. The molecule has 3 aromatic rings. The van der Waals surface area contributed by atoms with Crippen LogP contribution >= 0.6 is 0 Å². The van der Waals surface area contributed by atoms with E-state index >= 15 is 0 Å². The van der Waals surface area contributed by atoms with Crippen LogP contribution in [0.1, 0.15) is 34.6 Å². The number of amides is 1. The summed E-state index contributed by atoms with van der Waals surface area (Å²) >= 11 is 0. The molecule has 1 aromatic carbocycles. The molecule has 1 unspecified atom stereocenters. The van der Waals surface area contributed by atoms with Gasteiger partial charge in [-0.05, 0) is 36.6 Å². The maximum atomic E-state index is 12.3. The lowest BCUT2D eigenvalue weighted by molar-refractivity contribution is 0.0934. The molecule has 6 nitrogen and oxygen atoms in total. The van der Waals surface area contributed by atoms with Crippen LogP contribution in [0.4, 0.5) is 0 Å². The molecule has 2 aromatic heterocycles. The first kappa shape index (κ1) is 15.9. The highest BCUT2D eigenvalue weighted by Crippen LogP contribution is 2.11. The van der Waals surface area contributed by atoms with Crippen molar-refractivity contribution in [1.82, 2.24) is 25.3 Å². The third-order valence-corrected chi connectivity index (χ3v) is 3.80. The van der Waals surface area contributed by atoms with Gasteiger partial charge in [-0.2, -0.15) is 0 Å². The summed E-state index contributed by atoms with van der Waals surface area (Å²) in [6, 6.07) is 13.8. The quantitative estimate of drug-likeness (QED) is 0.757. The molecule has 0 saturated carbocycles. The summed E-state index contributed by atoms with van der Waals surface area (Å²) in [5.41, 5.74) is 2.55. The van der Waals surface area contributed by atoms with Gasteiger partial charge in [0, 0.05) is 18.9 Å². The van der Waals surface area contributed by atoms with Crippen molar-refractivity contribution in [3.63, 3.8) is 0 Å². The molecule has 1 N–H and O–H groups in total. The smallest absolute Gasteiger partial charge is 0.273 e. The number of rotatable bonds is 6. The molecule has 0 saturated heterocycles. The molecule has 2 heterocycles. The molecule has 0 aliphatic rings. The van der Waals surface area contributed by atoms with Crippen LogP contribution in [0.2, 0.25) is 0 Å². The number of nitrogens with one attached hydrogen (secondary N) is 1. The van der Waals surface area contributed by atoms with Crippen molar-refractivity contribution < 1.29 is 4.79 Å². The number of aromatic nitrogens is 4. The maximum absolute atomic E-state index is 12.3. The summed E-state index contributed by atoms with van der Waals surface area (Å²) in [5, 5.41) is 10.9. The highest BCUT2D eigenvalue weighted by atomic mass is 16.2. The van der Waals surface area contributed by atoms with Crippen molar-refractivity contribution in [2.45, 2.75) is 25.9 Å². The Morgan fingerprint density at radius 1 is 1.17 bits per heavy atom. The van der Waals surface area contributed by atoms with Crippen LogP contribution < -0.4 is 5.32 Å². The van der Waals surface area contributed by atoms with Gasteiger partial charge >= 0.3 is 0 Å². The zero-order valence-electron chi connectivity index (χ0n) is 13.5. The van der Waals surface area contributed by atoms with Crippen LogP contribution in [0.25, 0.3) is 0 Å². The minimum Gasteiger partial charge on any atom is -0.344 e. The Morgan fingerprint density at radius 3 is 2.67 bits per heavy atom. The average Bonchev–Trinajstić information content (AvgIpc) is 3.11. The fourth-order valence-electron chi connectivity index (χ4n) is 2.41. The van der Waals surface area contributed by atoms with Crippen LogP contribution in [-0.2, 0) is 13.0 Å². The Kier molecular flexibility index (Phi) is 4.96. The summed E-state index contributed by atoms with van der Waals surface area (Å²) in [7, 11) is 0. The fraction of sp³-hybridized carbons (Fsp3) is 0.222. The molecule has 6 heteroatoms. The van der Waals surface area contributed by atoms with E-state index in [2.05, 4.69) is 32.7 Å². The van der Waals surface area contributed by atoms with Gasteiger partial charge in [-0.15, -0.1) is 5.10 Å². The summed E-state index contributed by atoms with van der Waals surface area (Å²) in [6.07, 6.45) is 5.94. The Bertz CT molecular complexity index is 785. The number of benzene rings is 1. The van der Waals surface area contributed by atoms with E-state index < -0.39 is 0 Å². The van der Waals surface area contributed by atoms with Crippen molar-refractivity contribution in [2.75, 3.05) is 0 Å². The van der Waals surface area contributed by atoms with Gasteiger partial charge in [0.1, 0.15) is 0 Å². The summed E-state index contributed by atoms with van der Waals surface area (Å²) < 4.78 is 1.69. The molecular weight excluding hydrogens is 302 g/mol. The SMILES string of the molecule is CC(NC(=O)c1cn(CCc2ccccc2)nn1)c1ccncc1. The molecule has 0 aliphatic heterocycles. The van der Waals surface area contributed by atoms with E-state index in [4.69, 9.17) is 0 Å². The monoisotopic (exact) mass is 321 g/mol. The molecule has 0 aliphatic carbocycles. The molecule has 1 atom stereocenters. The van der Waals surface area contributed by atoms with E-state index in [0.29, 0.717) is 12.2 Å². The number of hydrogen-bond acceptors (Lipinski definition) is 4. The van der Waals surface area contributed by atoms with Crippen LogP contribution in [0, 0.1) is 0 Å². The predicted octanol–water partition coefficient (Wildman–Crippen LogP) is 2.41. The molecule has 1 amide bonds. The standard InChI is InChI=1S/C18H19N5O/c1-14(16-7-10-19-11-8-16)20-18(24)17-13-23(22-21-17)12-9-15-5-3-2-4-6-15/h2-8,10-11,13-14H,9,12H2,1H3,(H,20,24). The van der Waals surface area contributed by atoms with Gasteiger partial charge in [-0.3, -0.25) is 14.5 Å². The van der Waals surface area contributed by atoms with Gasteiger partial charge in [0.25, 0.3) is 5.91 Å². The molecule has 0 fully saturated rings. The number of pyridine rings is 1. The normalized spacial score (nSPS) is 11.9. The van der Waals surface area contributed by atoms with E-state index in [1.807, 2.05) is 37.3 Å². The summed E-state index contributed by atoms with van der Waals surface area (Å²) in [6.45, 7) is 2.61. The average molecular weight is 321 g/mol. The maximum Gasteiger partial charge on any atom is 0.273 e. The lowest BCUT2D eigenvalue weighted by atomic mass is 10.1. The first-order valence-electron chi connectivity index (χ1n) is 7.87. The van der Waals surface area contributed by atoms with E-state index in [1.165, 1.54) is 5.56 Å². The van der Waals surface area contributed by atoms with Crippen molar-refractivity contribution >= 4 is 5.91 Å². The van der Waals surface area contributed by atoms with E-state index in [1.54, 1.807) is 23.3 Å². The largest absolute Gasteiger partial charge is 0.344 e. The minimum atomic E-state index is -0.231. The molecule has 0 spiro atoms. The molecular formula is C18H19N5O. The van der Waals surface area contributed by atoms with Crippen molar-refractivity contribution in [2.24, 2.45) is 0 Å². The molecule has 24 heavy (non-hydrogen) atoms. The Balaban J connectivity index is 1.57. The van der Waals surface area contributed by atoms with E-state index in [-0.39, 0.29) is 11.9 Å². The van der Waals surface area contributed by atoms with Crippen molar-refractivity contribution in [3.8, 4) is 0 Å². The third-order valence-electron chi connectivity index (χ3n) is 3.80. The van der Waals surface area contributed by atoms with Gasteiger partial charge in [-0.1, -0.05) is 35.5 Å². The zero-order valence-corrected chi connectivity index (χ0v) is 13.5. The van der Waals surface area contributed by atoms with Gasteiger partial charge in [0.05, 0.1) is 12.2 Å². The highest BCUT2D eigenvalue weighted by Gasteiger charge is 2.14. The zero-order chi connectivity index (χ0) is 16.8. The lowest BCUT2D eigenvalue weighted by Crippen LogP contribution is -2.27. The van der Waals surface area contributed by atoms with Gasteiger partial charge in [0.2, 0.25) is 0 Å². The number of nitrogens with zero attached hydrogens (tertiary/aromatic N) is 4. The summed E-state index contributed by atoms with van der Waals surface area (Å²) in [5.74, 6) is -0.231. The second kappa shape index (κ2) is 7.50. The number of carbonyl (C=O) groups excluding carboxylic acids is 1. The van der Waals surface area contributed by atoms with Crippen LogP contribution in [-0.4, -0.2) is 25.9 Å². The fourth-order valence-corrected chi connectivity index (χ4v) is 2.41. The van der Waals surface area contributed by atoms with E-state index in [9.17, 15) is 4.79 Å². The molecule has 3 rings (SSSR count). The van der Waals surface area contributed by atoms with Crippen LogP contribution in [0.15, 0.2) is 61.1 Å². The Morgan fingerprint density at radius 2 is 1.92 bits per heavy atom. The summed E-state index contributed by atoms with van der Waals surface area (Å²) in [4.78, 5) is 16.2. The Hall–Kier alpha value is -3.02. The highest BCUT2D eigenvalue weighted by molar-refractivity contribution is 5.92. The lowest BCUT2D eigenvalue weighted by Gasteiger charge is -2.12. The van der Waals surface area contributed by atoms with Gasteiger partial charge < -0.3 is 5.32 Å². The topological polar surface area (TPSA) is 72.7 Å². The van der Waals surface area contributed by atoms with Crippen molar-refractivity contribution in [3.05, 3.63) is 77.9 Å². The molecule has 122 valence electrons. The second-order valence-corrected chi connectivity index (χ2v) is 5.58. The Labute approximate surface area is 140 Å². The van der Waals surface area contributed by atoms with Gasteiger partial charge in [-0.25, -0.2) is 0 Å². The number of hydrogen-bond donors (Lipinski definition) is 1. The minimum absolute atomic E-state index is 0.116. The molecule has 0 radical (unpaired) electrons. The number of carbonyl (C=O) groups is 1. The molecule has 0 bridgehead atoms. The third kappa shape index (κ3) is 4.04. The first-order valence-corrected chi connectivity index (χ1v) is 7.87. The van der Waals surface area contributed by atoms with E-state index in [0.717, 1.165) is 12.0 Å².